The summed E-state index contributed by atoms with van der Waals surface area (Å²) >= 11 is 0. The molecule has 1 aliphatic rings. The van der Waals surface area contributed by atoms with E-state index in [1.54, 1.807) is 11.9 Å². The summed E-state index contributed by atoms with van der Waals surface area (Å²) in [5, 5.41) is 8.49. The Morgan fingerprint density at radius 1 is 1.47 bits per heavy atom. The molecule has 3 N–H and O–H groups in total. The molecule has 0 bridgehead atoms. The summed E-state index contributed by atoms with van der Waals surface area (Å²) < 4.78 is 0. The van der Waals surface area contributed by atoms with Crippen molar-refractivity contribution in [2.75, 3.05) is 26.7 Å². The van der Waals surface area contributed by atoms with Crippen LogP contribution in [0.25, 0.3) is 0 Å². The van der Waals surface area contributed by atoms with Crippen LogP contribution in [0.3, 0.4) is 0 Å². The summed E-state index contributed by atoms with van der Waals surface area (Å²) in [5.74, 6) is -1.47. The van der Waals surface area contributed by atoms with Crippen LogP contribution in [-0.4, -0.2) is 65.4 Å². The lowest BCUT2D eigenvalue weighted by Gasteiger charge is -2.33. The fourth-order valence-electron chi connectivity index (χ4n) is 1.58. The molecule has 1 heterocycles. The zero-order valence-corrected chi connectivity index (χ0v) is 9.76. The quantitative estimate of drug-likeness (QED) is 0.624. The summed E-state index contributed by atoms with van der Waals surface area (Å²) in [6.45, 7) is 0.953. The van der Waals surface area contributed by atoms with E-state index in [1.165, 1.54) is 4.90 Å². The van der Waals surface area contributed by atoms with Crippen molar-refractivity contribution >= 4 is 17.8 Å². The van der Waals surface area contributed by atoms with Gasteiger partial charge < -0.3 is 20.6 Å². The third kappa shape index (κ3) is 3.70. The number of nitrogens with two attached hydrogens (primary N) is 1. The predicted molar refractivity (Wildman–Crippen MR) is 59.1 cm³/mol. The molecule has 0 aromatic carbocycles. The van der Waals surface area contributed by atoms with Crippen molar-refractivity contribution in [2.45, 2.75) is 18.9 Å². The highest BCUT2D eigenvalue weighted by atomic mass is 16.4. The maximum Gasteiger partial charge on any atom is 0.303 e. The number of likely N-dealkylation sites (N-methyl/N-ethyl adjacent to an activating group) is 1. The van der Waals surface area contributed by atoms with Crippen LogP contribution < -0.4 is 5.73 Å². The number of carboxylic acids is 1. The largest absolute Gasteiger partial charge is 0.481 e. The molecule has 1 aliphatic heterocycles. The van der Waals surface area contributed by atoms with Crippen molar-refractivity contribution in [3.63, 3.8) is 0 Å². The van der Waals surface area contributed by atoms with Gasteiger partial charge in [0.15, 0.2) is 0 Å². The fraction of sp³-hybridized carbons (Fsp3) is 0.700. The van der Waals surface area contributed by atoms with E-state index in [1.807, 2.05) is 0 Å². The zero-order chi connectivity index (χ0) is 13.0. The van der Waals surface area contributed by atoms with Gasteiger partial charge in [0.25, 0.3) is 0 Å². The molecule has 0 aromatic heterocycles. The molecule has 1 fully saturated rings. The third-order valence-corrected chi connectivity index (χ3v) is 2.76. The normalized spacial score (nSPS) is 18.1. The van der Waals surface area contributed by atoms with Crippen molar-refractivity contribution < 1.29 is 19.5 Å². The number of carbonyl (C=O) groups excluding carboxylic acids is 2. The maximum atomic E-state index is 11.8. The van der Waals surface area contributed by atoms with Gasteiger partial charge in [0.05, 0.1) is 12.6 Å². The molecule has 7 nitrogen and oxygen atoms in total. The second-order valence-electron chi connectivity index (χ2n) is 4.11. The lowest BCUT2D eigenvalue weighted by Crippen LogP contribution is -2.54. The number of hydrogen-bond acceptors (Lipinski definition) is 4. The van der Waals surface area contributed by atoms with Gasteiger partial charge in [-0.05, 0) is 6.42 Å². The minimum Gasteiger partial charge on any atom is -0.481 e. The Balaban J connectivity index is 2.46. The third-order valence-electron chi connectivity index (χ3n) is 2.76. The molecule has 96 valence electrons. The van der Waals surface area contributed by atoms with Gasteiger partial charge in [0, 0.05) is 26.6 Å². The molecule has 7 heteroatoms. The number of amides is 2. The van der Waals surface area contributed by atoms with E-state index in [2.05, 4.69) is 0 Å². The van der Waals surface area contributed by atoms with Gasteiger partial charge in [0.1, 0.15) is 0 Å². The van der Waals surface area contributed by atoms with Crippen LogP contribution in [0, 0.1) is 0 Å². The first-order valence-electron chi connectivity index (χ1n) is 5.42. The fourth-order valence-corrected chi connectivity index (χ4v) is 1.58. The Bertz CT molecular complexity index is 332. The van der Waals surface area contributed by atoms with Crippen molar-refractivity contribution in [1.29, 1.82) is 0 Å². The Labute approximate surface area is 99.2 Å². The van der Waals surface area contributed by atoms with Crippen molar-refractivity contribution in [3.05, 3.63) is 0 Å². The lowest BCUT2D eigenvalue weighted by atomic mass is 10.1. The number of aliphatic carboxylic acids is 1. The summed E-state index contributed by atoms with van der Waals surface area (Å²) in [7, 11) is 1.68. The molecule has 1 rings (SSSR count). The standard InChI is InChI=1S/C10H17N3O4/c1-12-4-5-13(6-8(12)14)10(17)7(11)2-3-9(15)16/h7H,2-6,11H2,1H3,(H,15,16). The van der Waals surface area contributed by atoms with E-state index in [-0.39, 0.29) is 31.2 Å². The van der Waals surface area contributed by atoms with Crippen LogP contribution in [0.15, 0.2) is 0 Å². The number of piperazine rings is 1. The second-order valence-corrected chi connectivity index (χ2v) is 4.11. The number of carboxylic acid groups (broad SMARTS) is 1. The highest BCUT2D eigenvalue weighted by molar-refractivity contribution is 5.88. The van der Waals surface area contributed by atoms with Crippen molar-refractivity contribution in [1.82, 2.24) is 9.80 Å². The molecule has 0 aromatic rings. The molecule has 1 unspecified atom stereocenters. The number of hydrogen-bond donors (Lipinski definition) is 2. The number of nitrogens with zero attached hydrogens (tertiary/aromatic N) is 2. The number of carbonyl (C=O) groups is 3. The van der Waals surface area contributed by atoms with Gasteiger partial charge in [0.2, 0.25) is 11.8 Å². The van der Waals surface area contributed by atoms with E-state index >= 15 is 0 Å². The summed E-state index contributed by atoms with van der Waals surface area (Å²) in [4.78, 5) is 36.5. The van der Waals surface area contributed by atoms with Gasteiger partial charge in [-0.2, -0.15) is 0 Å². The van der Waals surface area contributed by atoms with Gasteiger partial charge in [-0.25, -0.2) is 0 Å². The van der Waals surface area contributed by atoms with Gasteiger partial charge >= 0.3 is 5.97 Å². The van der Waals surface area contributed by atoms with Crippen LogP contribution in [0.2, 0.25) is 0 Å². The Morgan fingerprint density at radius 2 is 2.12 bits per heavy atom. The Morgan fingerprint density at radius 3 is 2.65 bits per heavy atom. The van der Waals surface area contributed by atoms with Crippen molar-refractivity contribution in [2.24, 2.45) is 5.73 Å². The van der Waals surface area contributed by atoms with Gasteiger partial charge in [-0.15, -0.1) is 0 Å². The van der Waals surface area contributed by atoms with E-state index < -0.39 is 12.0 Å². The molecule has 0 radical (unpaired) electrons. The molecule has 17 heavy (non-hydrogen) atoms. The topological polar surface area (TPSA) is 104 Å². The summed E-state index contributed by atoms with van der Waals surface area (Å²) in [5.41, 5.74) is 5.60. The lowest BCUT2D eigenvalue weighted by molar-refractivity contribution is -0.145. The van der Waals surface area contributed by atoms with Crippen LogP contribution in [0.4, 0.5) is 0 Å². The summed E-state index contributed by atoms with van der Waals surface area (Å²) in [6.07, 6.45) is -0.0523. The molecule has 0 saturated carbocycles. The monoisotopic (exact) mass is 243 g/mol. The van der Waals surface area contributed by atoms with Gasteiger partial charge in [-0.3, -0.25) is 14.4 Å². The van der Waals surface area contributed by atoms with Crippen LogP contribution in [0.1, 0.15) is 12.8 Å². The minimum absolute atomic E-state index is 0.0239. The van der Waals surface area contributed by atoms with Crippen LogP contribution >= 0.6 is 0 Å². The van der Waals surface area contributed by atoms with Crippen molar-refractivity contribution in [3.8, 4) is 0 Å². The maximum absolute atomic E-state index is 11.8. The SMILES string of the molecule is CN1CCN(C(=O)C(N)CCC(=O)O)CC1=O. The first kappa shape index (κ1) is 13.4. The number of rotatable bonds is 4. The van der Waals surface area contributed by atoms with Gasteiger partial charge in [-0.1, -0.05) is 0 Å². The smallest absolute Gasteiger partial charge is 0.303 e. The van der Waals surface area contributed by atoms with E-state index in [0.717, 1.165) is 0 Å². The predicted octanol–water partition coefficient (Wildman–Crippen LogP) is -1.52. The van der Waals surface area contributed by atoms with E-state index in [0.29, 0.717) is 13.1 Å². The molecule has 2 amide bonds. The molecule has 0 spiro atoms. The highest BCUT2D eigenvalue weighted by Gasteiger charge is 2.28. The van der Waals surface area contributed by atoms with E-state index in [9.17, 15) is 14.4 Å². The molecular weight excluding hydrogens is 226 g/mol. The zero-order valence-electron chi connectivity index (χ0n) is 9.76. The second kappa shape index (κ2) is 5.62. The first-order valence-corrected chi connectivity index (χ1v) is 5.42. The average Bonchev–Trinajstić information content (AvgIpc) is 2.28. The summed E-state index contributed by atoms with van der Waals surface area (Å²) in [6, 6.07) is -0.845. The molecule has 1 atom stereocenters. The Kier molecular flexibility index (Phi) is 4.45. The average molecular weight is 243 g/mol. The van der Waals surface area contributed by atoms with Crippen LogP contribution in [0.5, 0.6) is 0 Å². The van der Waals surface area contributed by atoms with Crippen LogP contribution in [-0.2, 0) is 14.4 Å². The molecular formula is C10H17N3O4. The minimum atomic E-state index is -0.984. The highest BCUT2D eigenvalue weighted by Crippen LogP contribution is 2.05. The van der Waals surface area contributed by atoms with E-state index in [4.69, 9.17) is 10.8 Å². The first-order chi connectivity index (χ1) is 7.91. The molecule has 1 saturated heterocycles. The Hall–Kier alpha value is -1.63. The molecule has 0 aliphatic carbocycles.